The highest BCUT2D eigenvalue weighted by Gasteiger charge is 2.14. The lowest BCUT2D eigenvalue weighted by Gasteiger charge is -2.14. The van der Waals surface area contributed by atoms with Crippen LogP contribution in [-0.2, 0) is 11.3 Å². The molecule has 1 amide bonds. The summed E-state index contributed by atoms with van der Waals surface area (Å²) in [5.41, 5.74) is 3.01. The number of carbonyl (C=O) groups excluding carboxylic acids is 1. The molecule has 25 heavy (non-hydrogen) atoms. The molecule has 0 radical (unpaired) electrons. The number of rotatable bonds is 6. The Morgan fingerprint density at radius 3 is 2.76 bits per heavy atom. The zero-order valence-electron chi connectivity index (χ0n) is 14.3. The molecule has 0 saturated heterocycles. The lowest BCUT2D eigenvalue weighted by Crippen LogP contribution is -2.35. The van der Waals surface area contributed by atoms with Gasteiger partial charge in [-0.05, 0) is 43.7 Å². The van der Waals surface area contributed by atoms with Crippen LogP contribution in [0, 0.1) is 6.92 Å². The predicted molar refractivity (Wildman–Crippen MR) is 96.7 cm³/mol. The standard InChI is InChI=1S/C20H21N3O2/c1-15-7-6-10-19(11-15)25-16(2)20(24)21-12-17-13-22-23(14-17)18-8-4-3-5-9-18/h3-11,13-14,16H,12H2,1-2H3,(H,21,24). The molecule has 1 N–H and O–H groups in total. The van der Waals surface area contributed by atoms with E-state index in [-0.39, 0.29) is 5.91 Å². The van der Waals surface area contributed by atoms with Crippen molar-refractivity contribution in [2.45, 2.75) is 26.5 Å². The fourth-order valence-electron chi connectivity index (χ4n) is 2.45. The highest BCUT2D eigenvalue weighted by atomic mass is 16.5. The SMILES string of the molecule is Cc1cccc(OC(C)C(=O)NCc2cnn(-c3ccccc3)c2)c1. The molecule has 1 unspecified atom stereocenters. The van der Waals surface area contributed by atoms with E-state index in [0.29, 0.717) is 12.3 Å². The number of amides is 1. The van der Waals surface area contributed by atoms with E-state index in [1.165, 1.54) is 0 Å². The van der Waals surface area contributed by atoms with Gasteiger partial charge in [0.2, 0.25) is 0 Å². The second-order valence-corrected chi connectivity index (χ2v) is 5.92. The summed E-state index contributed by atoms with van der Waals surface area (Å²) in [6.45, 7) is 4.14. The first-order valence-corrected chi connectivity index (χ1v) is 8.22. The topological polar surface area (TPSA) is 56.1 Å². The van der Waals surface area contributed by atoms with E-state index in [1.54, 1.807) is 17.8 Å². The Bertz CT molecular complexity index is 843. The lowest BCUT2D eigenvalue weighted by atomic mass is 10.2. The first kappa shape index (κ1) is 16.8. The van der Waals surface area contributed by atoms with Crippen molar-refractivity contribution in [2.75, 3.05) is 0 Å². The van der Waals surface area contributed by atoms with Crippen molar-refractivity contribution in [1.82, 2.24) is 15.1 Å². The summed E-state index contributed by atoms with van der Waals surface area (Å²) < 4.78 is 7.47. The van der Waals surface area contributed by atoms with Crippen LogP contribution in [0.3, 0.4) is 0 Å². The quantitative estimate of drug-likeness (QED) is 0.752. The van der Waals surface area contributed by atoms with E-state index < -0.39 is 6.10 Å². The van der Waals surface area contributed by atoms with Gasteiger partial charge in [-0.3, -0.25) is 4.79 Å². The summed E-state index contributed by atoms with van der Waals surface area (Å²) in [6, 6.07) is 17.5. The number of benzene rings is 2. The Hall–Kier alpha value is -3.08. The van der Waals surface area contributed by atoms with Gasteiger partial charge in [-0.1, -0.05) is 30.3 Å². The first-order valence-electron chi connectivity index (χ1n) is 8.22. The molecule has 1 heterocycles. The number of para-hydroxylation sites is 1. The van der Waals surface area contributed by atoms with Gasteiger partial charge in [-0.2, -0.15) is 5.10 Å². The maximum atomic E-state index is 12.2. The summed E-state index contributed by atoms with van der Waals surface area (Å²) in [6.07, 6.45) is 3.09. The third-order valence-electron chi connectivity index (χ3n) is 3.80. The third kappa shape index (κ3) is 4.47. The van der Waals surface area contributed by atoms with Crippen LogP contribution in [0.4, 0.5) is 0 Å². The van der Waals surface area contributed by atoms with Crippen molar-refractivity contribution in [3.05, 3.63) is 78.1 Å². The van der Waals surface area contributed by atoms with Crippen molar-refractivity contribution in [3.8, 4) is 11.4 Å². The lowest BCUT2D eigenvalue weighted by molar-refractivity contribution is -0.127. The average Bonchev–Trinajstić information content (AvgIpc) is 3.09. The Kier molecular flexibility index (Phi) is 5.14. The van der Waals surface area contributed by atoms with Crippen LogP contribution in [0.2, 0.25) is 0 Å². The van der Waals surface area contributed by atoms with Gasteiger partial charge < -0.3 is 10.1 Å². The molecule has 3 rings (SSSR count). The molecule has 0 fully saturated rings. The number of hydrogen-bond acceptors (Lipinski definition) is 3. The van der Waals surface area contributed by atoms with Gasteiger partial charge >= 0.3 is 0 Å². The molecule has 5 nitrogen and oxygen atoms in total. The van der Waals surface area contributed by atoms with E-state index in [9.17, 15) is 4.79 Å². The molecule has 3 aromatic rings. The van der Waals surface area contributed by atoms with Crippen molar-refractivity contribution < 1.29 is 9.53 Å². The Morgan fingerprint density at radius 1 is 1.20 bits per heavy atom. The van der Waals surface area contributed by atoms with Gasteiger partial charge in [0.05, 0.1) is 11.9 Å². The van der Waals surface area contributed by atoms with Crippen LogP contribution in [0.15, 0.2) is 67.0 Å². The number of carbonyl (C=O) groups is 1. The number of nitrogens with one attached hydrogen (secondary N) is 1. The molecular weight excluding hydrogens is 314 g/mol. The second kappa shape index (κ2) is 7.66. The van der Waals surface area contributed by atoms with Gasteiger partial charge in [0.25, 0.3) is 5.91 Å². The van der Waals surface area contributed by atoms with Crippen LogP contribution < -0.4 is 10.1 Å². The van der Waals surface area contributed by atoms with Crippen molar-refractivity contribution in [3.63, 3.8) is 0 Å². The Balaban J connectivity index is 1.54. The van der Waals surface area contributed by atoms with E-state index >= 15 is 0 Å². The minimum absolute atomic E-state index is 0.158. The molecule has 0 aliphatic carbocycles. The molecule has 0 bridgehead atoms. The van der Waals surface area contributed by atoms with E-state index in [1.807, 2.05) is 67.7 Å². The second-order valence-electron chi connectivity index (χ2n) is 5.92. The van der Waals surface area contributed by atoms with Gasteiger partial charge in [-0.15, -0.1) is 0 Å². The van der Waals surface area contributed by atoms with Gasteiger partial charge in [0, 0.05) is 18.3 Å². The maximum absolute atomic E-state index is 12.2. The number of aryl methyl sites for hydroxylation is 1. The summed E-state index contributed by atoms with van der Waals surface area (Å²) in [7, 11) is 0. The fraction of sp³-hybridized carbons (Fsp3) is 0.200. The van der Waals surface area contributed by atoms with E-state index in [4.69, 9.17) is 4.74 Å². The smallest absolute Gasteiger partial charge is 0.261 e. The summed E-state index contributed by atoms with van der Waals surface area (Å²) in [4.78, 5) is 12.2. The Morgan fingerprint density at radius 2 is 2.00 bits per heavy atom. The fourth-order valence-corrected chi connectivity index (χ4v) is 2.45. The zero-order chi connectivity index (χ0) is 17.6. The number of ether oxygens (including phenoxy) is 1. The normalized spacial score (nSPS) is 11.8. The third-order valence-corrected chi connectivity index (χ3v) is 3.80. The molecule has 0 spiro atoms. The molecule has 1 aromatic heterocycles. The van der Waals surface area contributed by atoms with Crippen LogP contribution in [0.25, 0.3) is 5.69 Å². The highest BCUT2D eigenvalue weighted by Crippen LogP contribution is 2.14. The molecule has 1 atom stereocenters. The highest BCUT2D eigenvalue weighted by molar-refractivity contribution is 5.80. The molecule has 0 aliphatic rings. The van der Waals surface area contributed by atoms with E-state index in [2.05, 4.69) is 10.4 Å². The largest absolute Gasteiger partial charge is 0.481 e. The first-order chi connectivity index (χ1) is 12.1. The minimum atomic E-state index is -0.564. The van der Waals surface area contributed by atoms with Crippen LogP contribution in [0.5, 0.6) is 5.75 Å². The van der Waals surface area contributed by atoms with Crippen molar-refractivity contribution in [2.24, 2.45) is 0 Å². The van der Waals surface area contributed by atoms with Gasteiger partial charge in [-0.25, -0.2) is 4.68 Å². The molecule has 2 aromatic carbocycles. The molecule has 128 valence electrons. The summed E-state index contributed by atoms with van der Waals surface area (Å²) in [5.74, 6) is 0.536. The monoisotopic (exact) mass is 335 g/mol. The molecule has 0 saturated carbocycles. The van der Waals surface area contributed by atoms with Crippen LogP contribution in [0.1, 0.15) is 18.1 Å². The average molecular weight is 335 g/mol. The van der Waals surface area contributed by atoms with Gasteiger partial charge in [0.1, 0.15) is 5.75 Å². The van der Waals surface area contributed by atoms with Crippen LogP contribution >= 0.6 is 0 Å². The predicted octanol–water partition coefficient (Wildman–Crippen LogP) is 3.26. The summed E-state index contributed by atoms with van der Waals surface area (Å²) >= 11 is 0. The van der Waals surface area contributed by atoms with Crippen molar-refractivity contribution in [1.29, 1.82) is 0 Å². The number of hydrogen-bond donors (Lipinski definition) is 1. The zero-order valence-corrected chi connectivity index (χ0v) is 14.3. The van der Waals surface area contributed by atoms with E-state index in [0.717, 1.165) is 16.8 Å². The molecule has 0 aliphatic heterocycles. The maximum Gasteiger partial charge on any atom is 0.261 e. The van der Waals surface area contributed by atoms with Gasteiger partial charge in [0.15, 0.2) is 6.10 Å². The number of aromatic nitrogens is 2. The minimum Gasteiger partial charge on any atom is -0.481 e. The van der Waals surface area contributed by atoms with Crippen LogP contribution in [-0.4, -0.2) is 21.8 Å². The van der Waals surface area contributed by atoms with Crippen molar-refractivity contribution >= 4 is 5.91 Å². The Labute approximate surface area is 147 Å². The molecular formula is C20H21N3O2. The molecule has 5 heteroatoms. The summed E-state index contributed by atoms with van der Waals surface area (Å²) in [5, 5.41) is 7.20. The number of nitrogens with zero attached hydrogens (tertiary/aromatic N) is 2.